The standard InChI is InChI=1S/C21H23N3O6/c1-5-28-17-8-7-13(11-18(17)29-6-2)20-23-24-21(30-20)22-19(25)14-9-15(26-3)12-16(10-14)27-4/h7-12H,5-6H2,1-4H3,(H,22,24,25). The number of amides is 1. The maximum absolute atomic E-state index is 12.6. The van der Waals surface area contributed by atoms with Gasteiger partial charge in [-0.05, 0) is 44.2 Å². The van der Waals surface area contributed by atoms with Crippen molar-refractivity contribution in [2.75, 3.05) is 32.8 Å². The highest BCUT2D eigenvalue weighted by Crippen LogP contribution is 2.33. The molecule has 1 aromatic heterocycles. The van der Waals surface area contributed by atoms with E-state index in [1.807, 2.05) is 13.8 Å². The number of aromatic nitrogens is 2. The van der Waals surface area contributed by atoms with Gasteiger partial charge >= 0.3 is 6.01 Å². The predicted molar refractivity (Wildman–Crippen MR) is 110 cm³/mol. The summed E-state index contributed by atoms with van der Waals surface area (Å²) in [5.74, 6) is 1.97. The summed E-state index contributed by atoms with van der Waals surface area (Å²) in [4.78, 5) is 12.6. The van der Waals surface area contributed by atoms with E-state index in [1.54, 1.807) is 36.4 Å². The third kappa shape index (κ3) is 4.80. The third-order valence-electron chi connectivity index (χ3n) is 4.05. The summed E-state index contributed by atoms with van der Waals surface area (Å²) in [6.45, 7) is 4.79. The quantitative estimate of drug-likeness (QED) is 0.565. The highest BCUT2D eigenvalue weighted by atomic mass is 16.5. The van der Waals surface area contributed by atoms with Crippen LogP contribution in [0.4, 0.5) is 6.01 Å². The number of carbonyl (C=O) groups is 1. The van der Waals surface area contributed by atoms with E-state index in [-0.39, 0.29) is 11.9 Å². The van der Waals surface area contributed by atoms with E-state index in [9.17, 15) is 4.79 Å². The van der Waals surface area contributed by atoms with Gasteiger partial charge in [0.1, 0.15) is 11.5 Å². The fourth-order valence-electron chi connectivity index (χ4n) is 2.68. The topological polar surface area (TPSA) is 105 Å². The van der Waals surface area contributed by atoms with Crippen LogP contribution in [-0.2, 0) is 0 Å². The van der Waals surface area contributed by atoms with Crippen molar-refractivity contribution in [3.05, 3.63) is 42.0 Å². The molecular weight excluding hydrogens is 390 g/mol. The Bertz CT molecular complexity index is 995. The minimum Gasteiger partial charge on any atom is -0.497 e. The number of hydrogen-bond donors (Lipinski definition) is 1. The van der Waals surface area contributed by atoms with Gasteiger partial charge in [0.15, 0.2) is 11.5 Å². The molecule has 0 bridgehead atoms. The molecule has 1 heterocycles. The summed E-state index contributed by atoms with van der Waals surface area (Å²) in [7, 11) is 3.02. The van der Waals surface area contributed by atoms with Crippen molar-refractivity contribution in [3.8, 4) is 34.5 Å². The third-order valence-corrected chi connectivity index (χ3v) is 4.05. The molecule has 3 rings (SSSR count). The Hall–Kier alpha value is -3.75. The second-order valence-corrected chi connectivity index (χ2v) is 6.00. The highest BCUT2D eigenvalue weighted by Gasteiger charge is 2.16. The van der Waals surface area contributed by atoms with Gasteiger partial charge in [0.05, 0.1) is 27.4 Å². The summed E-state index contributed by atoms with van der Waals surface area (Å²) in [6.07, 6.45) is 0. The first-order valence-corrected chi connectivity index (χ1v) is 9.35. The maximum Gasteiger partial charge on any atom is 0.322 e. The average Bonchev–Trinajstić information content (AvgIpc) is 3.23. The number of methoxy groups -OCH3 is 2. The van der Waals surface area contributed by atoms with Crippen LogP contribution in [0.3, 0.4) is 0 Å². The van der Waals surface area contributed by atoms with Gasteiger partial charge in [-0.1, -0.05) is 5.10 Å². The smallest absolute Gasteiger partial charge is 0.322 e. The van der Waals surface area contributed by atoms with Crippen molar-refractivity contribution >= 4 is 11.9 Å². The molecule has 2 aromatic carbocycles. The Balaban J connectivity index is 1.80. The molecule has 9 heteroatoms. The van der Waals surface area contributed by atoms with E-state index in [0.29, 0.717) is 47.3 Å². The van der Waals surface area contributed by atoms with Crippen LogP contribution in [0.2, 0.25) is 0 Å². The first kappa shape index (κ1) is 21.0. The number of carbonyl (C=O) groups excluding carboxylic acids is 1. The van der Waals surface area contributed by atoms with Crippen LogP contribution in [0.25, 0.3) is 11.5 Å². The van der Waals surface area contributed by atoms with E-state index in [1.165, 1.54) is 14.2 Å². The Kier molecular flexibility index (Phi) is 6.74. The highest BCUT2D eigenvalue weighted by molar-refractivity contribution is 6.03. The van der Waals surface area contributed by atoms with Crippen LogP contribution in [0.1, 0.15) is 24.2 Å². The minimum atomic E-state index is -0.441. The zero-order valence-corrected chi connectivity index (χ0v) is 17.2. The number of ether oxygens (including phenoxy) is 4. The summed E-state index contributed by atoms with van der Waals surface area (Å²) in [5.41, 5.74) is 0.962. The van der Waals surface area contributed by atoms with Crippen molar-refractivity contribution in [2.45, 2.75) is 13.8 Å². The Morgan fingerprint density at radius 2 is 1.60 bits per heavy atom. The van der Waals surface area contributed by atoms with Gasteiger partial charge in [-0.15, -0.1) is 5.10 Å². The average molecular weight is 413 g/mol. The van der Waals surface area contributed by atoms with Gasteiger partial charge in [0, 0.05) is 17.2 Å². The molecule has 3 aromatic rings. The van der Waals surface area contributed by atoms with Gasteiger partial charge in [-0.3, -0.25) is 10.1 Å². The van der Waals surface area contributed by atoms with Crippen LogP contribution >= 0.6 is 0 Å². The zero-order valence-electron chi connectivity index (χ0n) is 17.2. The first-order chi connectivity index (χ1) is 14.6. The van der Waals surface area contributed by atoms with Crippen LogP contribution in [0.15, 0.2) is 40.8 Å². The molecule has 0 fully saturated rings. The predicted octanol–water partition coefficient (Wildman–Crippen LogP) is 3.80. The van der Waals surface area contributed by atoms with E-state index < -0.39 is 5.91 Å². The second kappa shape index (κ2) is 9.64. The molecule has 0 aliphatic rings. The summed E-state index contributed by atoms with van der Waals surface area (Å²) in [6, 6.07) is 10.1. The number of nitrogens with zero attached hydrogens (tertiary/aromatic N) is 2. The van der Waals surface area contributed by atoms with Gasteiger partial charge in [-0.2, -0.15) is 0 Å². The molecular formula is C21H23N3O6. The fraction of sp³-hybridized carbons (Fsp3) is 0.286. The molecule has 30 heavy (non-hydrogen) atoms. The van der Waals surface area contributed by atoms with Crippen molar-refractivity contribution in [1.29, 1.82) is 0 Å². The molecule has 0 unspecified atom stereocenters. The molecule has 0 aliphatic heterocycles. The fourth-order valence-corrected chi connectivity index (χ4v) is 2.68. The van der Waals surface area contributed by atoms with Crippen molar-refractivity contribution in [3.63, 3.8) is 0 Å². The van der Waals surface area contributed by atoms with E-state index in [2.05, 4.69) is 15.5 Å². The Labute approximate surface area is 173 Å². The van der Waals surface area contributed by atoms with E-state index in [0.717, 1.165) is 0 Å². The Morgan fingerprint density at radius 1 is 0.933 bits per heavy atom. The SMILES string of the molecule is CCOc1ccc(-c2nnc(NC(=O)c3cc(OC)cc(OC)c3)o2)cc1OCC. The summed E-state index contributed by atoms with van der Waals surface area (Å²) < 4.78 is 27.1. The van der Waals surface area contributed by atoms with Gasteiger partial charge < -0.3 is 23.4 Å². The van der Waals surface area contributed by atoms with Gasteiger partial charge in [0.25, 0.3) is 5.91 Å². The summed E-state index contributed by atoms with van der Waals surface area (Å²) >= 11 is 0. The molecule has 0 saturated carbocycles. The molecule has 0 atom stereocenters. The normalized spacial score (nSPS) is 10.4. The van der Waals surface area contributed by atoms with Crippen LogP contribution < -0.4 is 24.3 Å². The number of nitrogens with one attached hydrogen (secondary N) is 1. The lowest BCUT2D eigenvalue weighted by Gasteiger charge is -2.11. The number of anilines is 1. The molecule has 1 N–H and O–H groups in total. The van der Waals surface area contributed by atoms with Crippen molar-refractivity contribution in [2.24, 2.45) is 0 Å². The monoisotopic (exact) mass is 413 g/mol. The number of hydrogen-bond acceptors (Lipinski definition) is 8. The lowest BCUT2D eigenvalue weighted by Crippen LogP contribution is -2.12. The van der Waals surface area contributed by atoms with Gasteiger partial charge in [0.2, 0.25) is 5.89 Å². The lowest BCUT2D eigenvalue weighted by atomic mass is 10.2. The van der Waals surface area contributed by atoms with E-state index >= 15 is 0 Å². The number of rotatable bonds is 9. The minimum absolute atomic E-state index is 0.0383. The molecule has 0 aliphatic carbocycles. The molecule has 158 valence electrons. The first-order valence-electron chi connectivity index (χ1n) is 9.35. The number of benzene rings is 2. The maximum atomic E-state index is 12.6. The largest absolute Gasteiger partial charge is 0.497 e. The van der Waals surface area contributed by atoms with Crippen LogP contribution in [-0.4, -0.2) is 43.5 Å². The molecule has 0 spiro atoms. The Morgan fingerprint density at radius 3 is 2.23 bits per heavy atom. The molecule has 1 amide bonds. The zero-order chi connectivity index (χ0) is 21.5. The molecule has 0 radical (unpaired) electrons. The van der Waals surface area contributed by atoms with E-state index in [4.69, 9.17) is 23.4 Å². The lowest BCUT2D eigenvalue weighted by molar-refractivity contribution is 0.102. The molecule has 9 nitrogen and oxygen atoms in total. The summed E-state index contributed by atoms with van der Waals surface area (Å²) in [5, 5.41) is 10.5. The van der Waals surface area contributed by atoms with Crippen molar-refractivity contribution in [1.82, 2.24) is 10.2 Å². The van der Waals surface area contributed by atoms with Crippen molar-refractivity contribution < 1.29 is 28.2 Å². The van der Waals surface area contributed by atoms with Crippen LogP contribution in [0, 0.1) is 0 Å². The second-order valence-electron chi connectivity index (χ2n) is 6.00. The molecule has 0 saturated heterocycles. The van der Waals surface area contributed by atoms with Gasteiger partial charge in [-0.25, -0.2) is 0 Å². The van der Waals surface area contributed by atoms with Crippen LogP contribution in [0.5, 0.6) is 23.0 Å².